The summed E-state index contributed by atoms with van der Waals surface area (Å²) in [5, 5.41) is 14.9. The van der Waals surface area contributed by atoms with Crippen molar-refractivity contribution in [2.75, 3.05) is 6.54 Å². The van der Waals surface area contributed by atoms with Crippen molar-refractivity contribution in [2.24, 2.45) is 0 Å². The number of unbranched alkanes of at least 4 members (excludes halogenated alkanes) is 1. The number of aromatic nitrogens is 4. The SMILES string of the molecule is CCCCn1nnnc1CCCC(=S)NCC. The molecule has 0 aliphatic rings. The molecule has 0 fully saturated rings. The average molecular weight is 255 g/mol. The fourth-order valence-electron chi connectivity index (χ4n) is 1.58. The van der Waals surface area contributed by atoms with Gasteiger partial charge in [0.15, 0.2) is 5.82 Å². The molecule has 0 bridgehead atoms. The number of aryl methyl sites for hydroxylation is 2. The molecule has 17 heavy (non-hydrogen) atoms. The van der Waals surface area contributed by atoms with Gasteiger partial charge in [0.1, 0.15) is 0 Å². The third-order valence-electron chi connectivity index (χ3n) is 2.51. The summed E-state index contributed by atoms with van der Waals surface area (Å²) < 4.78 is 1.90. The zero-order valence-corrected chi connectivity index (χ0v) is 11.5. The summed E-state index contributed by atoms with van der Waals surface area (Å²) in [4.78, 5) is 0.931. The summed E-state index contributed by atoms with van der Waals surface area (Å²) in [7, 11) is 0. The Morgan fingerprint density at radius 1 is 1.35 bits per heavy atom. The summed E-state index contributed by atoms with van der Waals surface area (Å²) in [5.41, 5.74) is 0. The quantitative estimate of drug-likeness (QED) is 0.717. The summed E-state index contributed by atoms with van der Waals surface area (Å²) in [6.45, 7) is 6.03. The maximum Gasteiger partial charge on any atom is 0.151 e. The fraction of sp³-hybridized carbons (Fsp3) is 0.818. The van der Waals surface area contributed by atoms with Crippen LogP contribution in [-0.2, 0) is 13.0 Å². The number of thiocarbonyl (C=S) groups is 1. The zero-order valence-electron chi connectivity index (χ0n) is 10.6. The minimum atomic E-state index is 0.891. The topological polar surface area (TPSA) is 55.6 Å². The van der Waals surface area contributed by atoms with Crippen molar-refractivity contribution in [1.29, 1.82) is 0 Å². The normalized spacial score (nSPS) is 10.5. The largest absolute Gasteiger partial charge is 0.380 e. The minimum Gasteiger partial charge on any atom is -0.380 e. The highest BCUT2D eigenvalue weighted by atomic mass is 32.1. The molecule has 0 saturated carbocycles. The number of hydrogen-bond acceptors (Lipinski definition) is 4. The van der Waals surface area contributed by atoms with E-state index in [4.69, 9.17) is 12.2 Å². The van der Waals surface area contributed by atoms with Crippen molar-refractivity contribution in [3.8, 4) is 0 Å². The number of nitrogens with zero attached hydrogens (tertiary/aromatic N) is 4. The van der Waals surface area contributed by atoms with Gasteiger partial charge >= 0.3 is 0 Å². The van der Waals surface area contributed by atoms with E-state index in [1.54, 1.807) is 0 Å². The Hall–Kier alpha value is -1.04. The minimum absolute atomic E-state index is 0.891. The number of tetrazole rings is 1. The summed E-state index contributed by atoms with van der Waals surface area (Å²) in [6.07, 6.45) is 5.07. The van der Waals surface area contributed by atoms with E-state index in [1.807, 2.05) is 4.68 Å². The van der Waals surface area contributed by atoms with E-state index in [1.165, 1.54) is 0 Å². The van der Waals surface area contributed by atoms with Gasteiger partial charge in [-0.25, -0.2) is 4.68 Å². The van der Waals surface area contributed by atoms with Gasteiger partial charge in [0.2, 0.25) is 0 Å². The second kappa shape index (κ2) is 8.11. The van der Waals surface area contributed by atoms with Crippen LogP contribution in [0, 0.1) is 0 Å². The molecule has 1 N–H and O–H groups in total. The van der Waals surface area contributed by atoms with Gasteiger partial charge in [-0.1, -0.05) is 25.6 Å². The highest BCUT2D eigenvalue weighted by Gasteiger charge is 2.05. The maximum absolute atomic E-state index is 5.18. The van der Waals surface area contributed by atoms with Gasteiger partial charge in [-0.3, -0.25) is 0 Å². The van der Waals surface area contributed by atoms with Crippen molar-refractivity contribution < 1.29 is 0 Å². The first-order valence-corrected chi connectivity index (χ1v) is 6.70. The molecule has 0 aromatic carbocycles. The molecular weight excluding hydrogens is 234 g/mol. The van der Waals surface area contributed by atoms with Crippen LogP contribution in [0.3, 0.4) is 0 Å². The van der Waals surface area contributed by atoms with Crippen molar-refractivity contribution in [3.05, 3.63) is 5.82 Å². The Balaban J connectivity index is 2.31. The highest BCUT2D eigenvalue weighted by Crippen LogP contribution is 2.03. The number of hydrogen-bond donors (Lipinski definition) is 1. The van der Waals surface area contributed by atoms with Gasteiger partial charge in [0.05, 0.1) is 4.99 Å². The van der Waals surface area contributed by atoms with Crippen LogP contribution in [-0.4, -0.2) is 31.7 Å². The van der Waals surface area contributed by atoms with Gasteiger partial charge in [-0.05, 0) is 36.6 Å². The van der Waals surface area contributed by atoms with E-state index in [-0.39, 0.29) is 0 Å². The first-order valence-electron chi connectivity index (χ1n) is 6.29. The van der Waals surface area contributed by atoms with Crippen LogP contribution in [0.1, 0.15) is 45.4 Å². The van der Waals surface area contributed by atoms with Crippen LogP contribution in [0.25, 0.3) is 0 Å². The Bertz CT molecular complexity index is 336. The molecule has 0 unspecified atom stereocenters. The van der Waals surface area contributed by atoms with Gasteiger partial charge in [-0.2, -0.15) is 0 Å². The lowest BCUT2D eigenvalue weighted by atomic mass is 10.2. The van der Waals surface area contributed by atoms with Crippen molar-refractivity contribution in [3.63, 3.8) is 0 Å². The monoisotopic (exact) mass is 255 g/mol. The Morgan fingerprint density at radius 2 is 2.18 bits per heavy atom. The fourth-order valence-corrected chi connectivity index (χ4v) is 1.87. The number of nitrogens with one attached hydrogen (secondary N) is 1. The molecule has 0 spiro atoms. The molecule has 0 radical (unpaired) electrons. The molecule has 0 aliphatic heterocycles. The zero-order chi connectivity index (χ0) is 12.5. The van der Waals surface area contributed by atoms with Crippen LogP contribution < -0.4 is 5.32 Å². The van der Waals surface area contributed by atoms with E-state index in [0.717, 1.165) is 56.0 Å². The molecule has 0 amide bonds. The predicted molar refractivity (Wildman–Crippen MR) is 71.9 cm³/mol. The molecule has 1 heterocycles. The maximum atomic E-state index is 5.18. The van der Waals surface area contributed by atoms with Crippen LogP contribution >= 0.6 is 12.2 Å². The second-order valence-corrected chi connectivity index (χ2v) is 4.47. The molecule has 0 aliphatic carbocycles. The van der Waals surface area contributed by atoms with E-state index < -0.39 is 0 Å². The van der Waals surface area contributed by atoms with Crippen LogP contribution in [0.2, 0.25) is 0 Å². The summed E-state index contributed by atoms with van der Waals surface area (Å²) >= 11 is 5.18. The molecule has 1 rings (SSSR count). The molecule has 0 atom stereocenters. The second-order valence-electron chi connectivity index (χ2n) is 3.98. The molecule has 6 heteroatoms. The predicted octanol–water partition coefficient (Wildman–Crippen LogP) is 1.73. The van der Waals surface area contributed by atoms with Crippen molar-refractivity contribution in [2.45, 2.75) is 52.5 Å². The van der Waals surface area contributed by atoms with Gasteiger partial charge in [0.25, 0.3) is 0 Å². The van der Waals surface area contributed by atoms with E-state index in [9.17, 15) is 0 Å². The van der Waals surface area contributed by atoms with Gasteiger partial charge in [0, 0.05) is 19.5 Å². The molecule has 5 nitrogen and oxygen atoms in total. The first kappa shape index (κ1) is 14.0. The van der Waals surface area contributed by atoms with Crippen LogP contribution in [0.4, 0.5) is 0 Å². The Morgan fingerprint density at radius 3 is 2.88 bits per heavy atom. The van der Waals surface area contributed by atoms with Gasteiger partial charge in [-0.15, -0.1) is 5.10 Å². The Kier molecular flexibility index (Phi) is 6.69. The third kappa shape index (κ3) is 5.21. The highest BCUT2D eigenvalue weighted by molar-refractivity contribution is 7.80. The molecule has 1 aromatic rings. The summed E-state index contributed by atoms with van der Waals surface area (Å²) in [6, 6.07) is 0. The van der Waals surface area contributed by atoms with Crippen molar-refractivity contribution >= 4 is 17.2 Å². The van der Waals surface area contributed by atoms with E-state index >= 15 is 0 Å². The lowest BCUT2D eigenvalue weighted by Crippen LogP contribution is -2.20. The lowest BCUT2D eigenvalue weighted by Gasteiger charge is -2.05. The van der Waals surface area contributed by atoms with E-state index in [0.29, 0.717) is 0 Å². The van der Waals surface area contributed by atoms with Crippen LogP contribution in [0.5, 0.6) is 0 Å². The standard InChI is InChI=1S/C11H21N5S/c1-3-5-9-16-10(13-14-15-16)7-6-8-11(17)12-4-2/h3-9H2,1-2H3,(H,12,17). The molecule has 1 aromatic heterocycles. The summed E-state index contributed by atoms with van der Waals surface area (Å²) in [5.74, 6) is 0.970. The molecule has 96 valence electrons. The smallest absolute Gasteiger partial charge is 0.151 e. The van der Waals surface area contributed by atoms with Crippen LogP contribution in [0.15, 0.2) is 0 Å². The lowest BCUT2D eigenvalue weighted by molar-refractivity contribution is 0.529. The molecular formula is C11H21N5S. The van der Waals surface area contributed by atoms with E-state index in [2.05, 4.69) is 34.7 Å². The van der Waals surface area contributed by atoms with Crippen molar-refractivity contribution in [1.82, 2.24) is 25.5 Å². The Labute approximate surface area is 108 Å². The third-order valence-corrected chi connectivity index (χ3v) is 2.86. The number of rotatable bonds is 8. The average Bonchev–Trinajstić information content (AvgIpc) is 2.74. The molecule has 0 saturated heterocycles. The first-order chi connectivity index (χ1) is 8.27. The van der Waals surface area contributed by atoms with Gasteiger partial charge < -0.3 is 5.32 Å².